The van der Waals surface area contributed by atoms with Gasteiger partial charge >= 0.3 is 5.97 Å². The van der Waals surface area contributed by atoms with Crippen molar-refractivity contribution in [3.05, 3.63) is 52.0 Å². The van der Waals surface area contributed by atoms with Crippen molar-refractivity contribution < 1.29 is 19.1 Å². The van der Waals surface area contributed by atoms with Gasteiger partial charge in [-0.15, -0.1) is 0 Å². The Bertz CT molecular complexity index is 688. The van der Waals surface area contributed by atoms with Crippen LogP contribution < -0.4 is 0 Å². The van der Waals surface area contributed by atoms with E-state index in [0.29, 0.717) is 18.6 Å². The summed E-state index contributed by atoms with van der Waals surface area (Å²) in [5.74, 6) is -0.422. The predicted octanol–water partition coefficient (Wildman–Crippen LogP) is 2.68. The van der Waals surface area contributed by atoms with E-state index in [9.17, 15) is 9.59 Å². The summed E-state index contributed by atoms with van der Waals surface area (Å²) >= 11 is 1.54. The van der Waals surface area contributed by atoms with Crippen LogP contribution in [0.3, 0.4) is 0 Å². The number of esters is 1. The minimum atomic E-state index is -0.434. The first kappa shape index (κ1) is 15.1. The molecule has 1 heterocycles. The molecule has 4 nitrogen and oxygen atoms in total. The Morgan fingerprint density at radius 3 is 2.86 bits per heavy atom. The first-order valence-corrected chi connectivity index (χ1v) is 7.89. The van der Waals surface area contributed by atoms with Crippen LogP contribution >= 0.6 is 11.8 Å². The lowest BCUT2D eigenvalue weighted by molar-refractivity contribution is -0.141. The van der Waals surface area contributed by atoms with E-state index in [-0.39, 0.29) is 18.8 Å². The smallest absolute Gasteiger partial charge is 0.334 e. The van der Waals surface area contributed by atoms with Gasteiger partial charge < -0.3 is 9.47 Å². The van der Waals surface area contributed by atoms with Crippen molar-refractivity contribution >= 4 is 23.5 Å². The largest absolute Gasteiger partial charge is 0.460 e. The second kappa shape index (κ2) is 6.50. The lowest BCUT2D eigenvalue weighted by atomic mass is 9.92. The van der Waals surface area contributed by atoms with E-state index >= 15 is 0 Å². The van der Waals surface area contributed by atoms with Gasteiger partial charge in [-0.2, -0.15) is 0 Å². The summed E-state index contributed by atoms with van der Waals surface area (Å²) in [5.41, 5.74) is 2.39. The normalized spacial score (nSPS) is 16.8. The number of hydrogen-bond donors (Lipinski definition) is 0. The van der Waals surface area contributed by atoms with Crippen LogP contribution in [-0.4, -0.2) is 32.1 Å². The van der Waals surface area contributed by atoms with E-state index in [0.717, 1.165) is 15.4 Å². The highest BCUT2D eigenvalue weighted by molar-refractivity contribution is 8.03. The molecule has 1 aromatic rings. The van der Waals surface area contributed by atoms with Crippen molar-refractivity contribution in [3.63, 3.8) is 0 Å². The zero-order valence-electron chi connectivity index (χ0n) is 12.3. The second-order valence-electron chi connectivity index (χ2n) is 5.13. The molecule has 114 valence electrons. The number of allylic oxidation sites excluding steroid dienone is 2. The molecule has 0 spiro atoms. The number of fused-ring (bicyclic) bond motifs is 1. The number of ketones is 1. The monoisotopic (exact) mass is 316 g/mol. The number of carbonyl (C=O) groups is 2. The van der Waals surface area contributed by atoms with Crippen LogP contribution in [0.4, 0.5) is 0 Å². The summed E-state index contributed by atoms with van der Waals surface area (Å²) in [5, 5.41) is 0. The van der Waals surface area contributed by atoms with E-state index in [1.165, 1.54) is 5.56 Å². The zero-order valence-corrected chi connectivity index (χ0v) is 13.1. The fourth-order valence-electron chi connectivity index (χ4n) is 2.49. The number of benzene rings is 1. The SMILES string of the molecule is COCCOC(=O)C1=CC2=C(Cc3ccccc3S2)C(=O)C1. The quantitative estimate of drug-likeness (QED) is 0.631. The first-order chi connectivity index (χ1) is 10.7. The lowest BCUT2D eigenvalue weighted by Gasteiger charge is -2.24. The third-order valence-corrected chi connectivity index (χ3v) is 4.84. The molecule has 0 amide bonds. The number of Topliss-reactive ketones (excluding diaryl/α,β-unsaturated/α-hetero) is 1. The van der Waals surface area contributed by atoms with Crippen molar-refractivity contribution in [3.8, 4) is 0 Å². The summed E-state index contributed by atoms with van der Waals surface area (Å²) in [6, 6.07) is 8.03. The molecule has 1 aromatic carbocycles. The average Bonchev–Trinajstić information content (AvgIpc) is 2.53. The van der Waals surface area contributed by atoms with Gasteiger partial charge in [0.2, 0.25) is 0 Å². The van der Waals surface area contributed by atoms with E-state index < -0.39 is 5.97 Å². The van der Waals surface area contributed by atoms with E-state index in [1.54, 1.807) is 24.9 Å². The number of rotatable bonds is 4. The summed E-state index contributed by atoms with van der Waals surface area (Å²) < 4.78 is 9.95. The molecule has 0 aromatic heterocycles. The Labute approximate surface area is 133 Å². The highest BCUT2D eigenvalue weighted by Gasteiger charge is 2.29. The number of hydrogen-bond acceptors (Lipinski definition) is 5. The van der Waals surface area contributed by atoms with Crippen molar-refractivity contribution in [1.82, 2.24) is 0 Å². The summed E-state index contributed by atoms with van der Waals surface area (Å²) in [7, 11) is 1.55. The minimum absolute atomic E-state index is 0.0122. The number of methoxy groups -OCH3 is 1. The maximum absolute atomic E-state index is 12.3. The van der Waals surface area contributed by atoms with E-state index in [4.69, 9.17) is 9.47 Å². The third-order valence-electron chi connectivity index (χ3n) is 3.63. The Hall–Kier alpha value is -1.85. The standard InChI is InChI=1S/C17H16O4S/c1-20-6-7-21-17(19)12-9-14(18)13-8-11-4-2-3-5-15(11)22-16(13)10-12/h2-5,10H,6-9H2,1H3. The molecule has 3 rings (SSSR count). The highest BCUT2D eigenvalue weighted by atomic mass is 32.2. The fraction of sp³-hybridized carbons (Fsp3) is 0.294. The van der Waals surface area contributed by atoms with Gasteiger partial charge in [-0.1, -0.05) is 30.0 Å². The third kappa shape index (κ3) is 3.00. The average molecular weight is 316 g/mol. The van der Waals surface area contributed by atoms with Gasteiger partial charge in [-0.3, -0.25) is 4.79 Å². The predicted molar refractivity (Wildman–Crippen MR) is 83.6 cm³/mol. The molecular weight excluding hydrogens is 300 g/mol. The molecule has 0 unspecified atom stereocenters. The second-order valence-corrected chi connectivity index (χ2v) is 6.21. The molecule has 0 fully saturated rings. The van der Waals surface area contributed by atoms with Crippen molar-refractivity contribution in [1.29, 1.82) is 0 Å². The molecule has 1 aliphatic heterocycles. The van der Waals surface area contributed by atoms with Crippen LogP contribution in [0.5, 0.6) is 0 Å². The fourth-order valence-corrected chi connectivity index (χ4v) is 3.66. The van der Waals surface area contributed by atoms with Crippen LogP contribution in [-0.2, 0) is 25.5 Å². The Kier molecular flexibility index (Phi) is 4.45. The lowest BCUT2D eigenvalue weighted by Crippen LogP contribution is -2.21. The van der Waals surface area contributed by atoms with Gasteiger partial charge in [0.1, 0.15) is 6.61 Å². The van der Waals surface area contributed by atoms with Crippen LogP contribution in [0.2, 0.25) is 0 Å². The van der Waals surface area contributed by atoms with Gasteiger partial charge in [0.05, 0.1) is 6.61 Å². The molecule has 0 radical (unpaired) electrons. The van der Waals surface area contributed by atoms with Crippen LogP contribution in [0, 0.1) is 0 Å². The van der Waals surface area contributed by atoms with Gasteiger partial charge in [-0.25, -0.2) is 4.79 Å². The molecular formula is C17H16O4S. The Balaban J connectivity index is 1.81. The van der Waals surface area contributed by atoms with Gasteiger partial charge in [0.25, 0.3) is 0 Å². The zero-order chi connectivity index (χ0) is 15.5. The van der Waals surface area contributed by atoms with Crippen LogP contribution in [0.1, 0.15) is 12.0 Å². The Morgan fingerprint density at radius 1 is 1.23 bits per heavy atom. The summed E-state index contributed by atoms with van der Waals surface area (Å²) in [6.07, 6.45) is 2.56. The van der Waals surface area contributed by atoms with Gasteiger partial charge in [0.15, 0.2) is 5.78 Å². The topological polar surface area (TPSA) is 52.6 Å². The minimum Gasteiger partial charge on any atom is -0.460 e. The van der Waals surface area contributed by atoms with Gasteiger partial charge in [0, 0.05) is 40.9 Å². The first-order valence-electron chi connectivity index (χ1n) is 7.08. The molecule has 5 heteroatoms. The molecule has 2 aliphatic rings. The molecule has 0 saturated heterocycles. The molecule has 0 saturated carbocycles. The van der Waals surface area contributed by atoms with Crippen molar-refractivity contribution in [2.24, 2.45) is 0 Å². The summed E-state index contributed by atoms with van der Waals surface area (Å²) in [6.45, 7) is 0.547. The van der Waals surface area contributed by atoms with Crippen molar-refractivity contribution in [2.45, 2.75) is 17.7 Å². The number of ether oxygens (including phenoxy) is 2. The van der Waals surface area contributed by atoms with Crippen LogP contribution in [0.15, 0.2) is 51.3 Å². The highest BCUT2D eigenvalue weighted by Crippen LogP contribution is 2.42. The Morgan fingerprint density at radius 2 is 2.05 bits per heavy atom. The molecule has 0 atom stereocenters. The van der Waals surface area contributed by atoms with Crippen molar-refractivity contribution in [2.75, 3.05) is 20.3 Å². The van der Waals surface area contributed by atoms with Crippen LogP contribution in [0.25, 0.3) is 0 Å². The number of carbonyl (C=O) groups excluding carboxylic acids is 2. The molecule has 22 heavy (non-hydrogen) atoms. The molecule has 0 N–H and O–H groups in total. The summed E-state index contributed by atoms with van der Waals surface area (Å²) in [4.78, 5) is 26.4. The number of thioether (sulfide) groups is 1. The molecule has 1 aliphatic carbocycles. The van der Waals surface area contributed by atoms with Gasteiger partial charge in [-0.05, 0) is 17.7 Å². The van der Waals surface area contributed by atoms with E-state index in [2.05, 4.69) is 0 Å². The molecule has 0 bridgehead atoms. The maximum Gasteiger partial charge on any atom is 0.334 e. The maximum atomic E-state index is 12.3. The van der Waals surface area contributed by atoms with E-state index in [1.807, 2.05) is 24.3 Å².